The molecular weight excluding hydrogens is 244 g/mol. The van der Waals surface area contributed by atoms with Crippen molar-refractivity contribution in [3.63, 3.8) is 0 Å². The van der Waals surface area contributed by atoms with Gasteiger partial charge < -0.3 is 19.5 Å². The summed E-state index contributed by atoms with van der Waals surface area (Å²) in [7, 11) is 3.52. The molecule has 0 spiro atoms. The summed E-state index contributed by atoms with van der Waals surface area (Å²) < 4.78 is 16.2. The van der Waals surface area contributed by atoms with Crippen molar-refractivity contribution in [2.75, 3.05) is 53.6 Å². The van der Waals surface area contributed by atoms with Crippen LogP contribution in [0.5, 0.6) is 0 Å². The maximum atomic E-state index is 5.46. The van der Waals surface area contributed by atoms with Crippen LogP contribution in [0.4, 0.5) is 0 Å². The number of nitrogens with zero attached hydrogens (tertiary/aromatic N) is 1. The van der Waals surface area contributed by atoms with E-state index in [2.05, 4.69) is 17.1 Å². The van der Waals surface area contributed by atoms with E-state index in [4.69, 9.17) is 14.2 Å². The molecule has 0 amide bonds. The molecule has 3 unspecified atom stereocenters. The Balaban J connectivity index is 2.14. The number of rotatable bonds is 10. The minimum atomic E-state index is 0.199. The van der Waals surface area contributed by atoms with Crippen LogP contribution in [0.15, 0.2) is 0 Å². The molecule has 114 valence electrons. The van der Waals surface area contributed by atoms with Crippen molar-refractivity contribution < 1.29 is 14.2 Å². The molecule has 0 bridgehead atoms. The van der Waals surface area contributed by atoms with Gasteiger partial charge in [-0.25, -0.2) is 0 Å². The zero-order chi connectivity index (χ0) is 14.1. The minimum absolute atomic E-state index is 0.199. The van der Waals surface area contributed by atoms with Gasteiger partial charge in [-0.2, -0.15) is 0 Å². The molecule has 1 rings (SSSR count). The van der Waals surface area contributed by atoms with Crippen LogP contribution < -0.4 is 5.32 Å². The Kier molecular flexibility index (Phi) is 8.57. The topological polar surface area (TPSA) is 43.0 Å². The number of methoxy groups -OCH3 is 2. The predicted octanol–water partition coefficient (Wildman–Crippen LogP) is 0.737. The Bertz CT molecular complexity index is 217. The SMILES string of the molecule is CCOCCCNCC(C)N1CC(OC)C(OC)C1. The lowest BCUT2D eigenvalue weighted by Crippen LogP contribution is -2.40. The van der Waals surface area contributed by atoms with Crippen molar-refractivity contribution in [1.29, 1.82) is 0 Å². The highest BCUT2D eigenvalue weighted by Crippen LogP contribution is 2.17. The van der Waals surface area contributed by atoms with Crippen LogP contribution in [-0.4, -0.2) is 76.8 Å². The zero-order valence-corrected chi connectivity index (χ0v) is 12.9. The van der Waals surface area contributed by atoms with Crippen LogP contribution in [-0.2, 0) is 14.2 Å². The number of likely N-dealkylation sites (tertiary alicyclic amines) is 1. The summed E-state index contributed by atoms with van der Waals surface area (Å²) in [6, 6.07) is 0.505. The summed E-state index contributed by atoms with van der Waals surface area (Å²) >= 11 is 0. The van der Waals surface area contributed by atoms with Gasteiger partial charge in [0.2, 0.25) is 0 Å². The van der Waals surface area contributed by atoms with E-state index in [1.54, 1.807) is 14.2 Å². The lowest BCUT2D eigenvalue weighted by molar-refractivity contribution is -0.00461. The Morgan fingerprint density at radius 2 is 1.84 bits per heavy atom. The van der Waals surface area contributed by atoms with Crippen molar-refractivity contribution in [3.8, 4) is 0 Å². The van der Waals surface area contributed by atoms with E-state index in [0.717, 1.165) is 45.8 Å². The van der Waals surface area contributed by atoms with E-state index in [1.165, 1.54) is 0 Å². The maximum Gasteiger partial charge on any atom is 0.0971 e. The summed E-state index contributed by atoms with van der Waals surface area (Å²) in [5.74, 6) is 0. The Labute approximate surface area is 117 Å². The van der Waals surface area contributed by atoms with E-state index in [1.807, 2.05) is 6.92 Å². The second kappa shape index (κ2) is 9.66. The molecule has 1 aliphatic heterocycles. The van der Waals surface area contributed by atoms with Gasteiger partial charge in [0.1, 0.15) is 0 Å². The van der Waals surface area contributed by atoms with Gasteiger partial charge in [0.25, 0.3) is 0 Å². The molecule has 5 heteroatoms. The van der Waals surface area contributed by atoms with E-state index < -0.39 is 0 Å². The second-order valence-electron chi connectivity index (χ2n) is 5.11. The predicted molar refractivity (Wildman–Crippen MR) is 76.6 cm³/mol. The third kappa shape index (κ3) is 5.75. The van der Waals surface area contributed by atoms with Gasteiger partial charge in [-0.15, -0.1) is 0 Å². The first-order valence-corrected chi connectivity index (χ1v) is 7.31. The minimum Gasteiger partial charge on any atom is -0.382 e. The molecule has 5 nitrogen and oxygen atoms in total. The summed E-state index contributed by atoms with van der Waals surface area (Å²) in [4.78, 5) is 2.43. The summed E-state index contributed by atoms with van der Waals surface area (Å²) in [6.07, 6.45) is 1.47. The lowest BCUT2D eigenvalue weighted by Gasteiger charge is -2.24. The molecule has 1 fully saturated rings. The van der Waals surface area contributed by atoms with Gasteiger partial charge in [0.05, 0.1) is 12.2 Å². The van der Waals surface area contributed by atoms with Crippen molar-refractivity contribution in [2.24, 2.45) is 0 Å². The monoisotopic (exact) mass is 274 g/mol. The molecule has 0 aromatic heterocycles. The molecular formula is C14H30N2O3. The van der Waals surface area contributed by atoms with Crippen LogP contribution in [0.25, 0.3) is 0 Å². The molecule has 1 saturated heterocycles. The first-order valence-electron chi connectivity index (χ1n) is 7.31. The van der Waals surface area contributed by atoms with Crippen LogP contribution in [0, 0.1) is 0 Å². The van der Waals surface area contributed by atoms with Crippen LogP contribution >= 0.6 is 0 Å². The second-order valence-corrected chi connectivity index (χ2v) is 5.11. The summed E-state index contributed by atoms with van der Waals surface area (Å²) in [6.45, 7) is 9.86. The lowest BCUT2D eigenvalue weighted by atomic mass is 10.3. The molecule has 1 N–H and O–H groups in total. The standard InChI is InChI=1S/C14H30N2O3/c1-5-19-8-6-7-15-9-12(2)16-10-13(17-3)14(11-16)18-4/h12-15H,5-11H2,1-4H3. The average Bonchev–Trinajstić information content (AvgIpc) is 2.85. The first kappa shape index (κ1) is 16.9. The van der Waals surface area contributed by atoms with E-state index in [0.29, 0.717) is 6.04 Å². The van der Waals surface area contributed by atoms with E-state index in [-0.39, 0.29) is 12.2 Å². The maximum absolute atomic E-state index is 5.46. The van der Waals surface area contributed by atoms with Gasteiger partial charge in [-0.3, -0.25) is 4.90 Å². The quantitative estimate of drug-likeness (QED) is 0.595. The molecule has 0 radical (unpaired) electrons. The van der Waals surface area contributed by atoms with E-state index in [9.17, 15) is 0 Å². The van der Waals surface area contributed by atoms with Crippen LogP contribution in [0.2, 0.25) is 0 Å². The van der Waals surface area contributed by atoms with Gasteiger partial charge >= 0.3 is 0 Å². The molecule has 0 aromatic carbocycles. The largest absolute Gasteiger partial charge is 0.382 e. The first-order chi connectivity index (χ1) is 9.22. The zero-order valence-electron chi connectivity index (χ0n) is 12.9. The van der Waals surface area contributed by atoms with Crippen molar-refractivity contribution >= 4 is 0 Å². The number of nitrogens with one attached hydrogen (secondary N) is 1. The van der Waals surface area contributed by atoms with Crippen LogP contribution in [0.3, 0.4) is 0 Å². The normalized spacial score (nSPS) is 25.9. The molecule has 19 heavy (non-hydrogen) atoms. The smallest absolute Gasteiger partial charge is 0.0971 e. The Morgan fingerprint density at radius 1 is 1.21 bits per heavy atom. The molecule has 0 saturated carbocycles. The number of ether oxygens (including phenoxy) is 3. The molecule has 3 atom stereocenters. The van der Waals surface area contributed by atoms with Gasteiger partial charge in [0, 0.05) is 53.1 Å². The number of hydrogen-bond donors (Lipinski definition) is 1. The van der Waals surface area contributed by atoms with Crippen molar-refractivity contribution in [2.45, 2.75) is 38.5 Å². The fraction of sp³-hybridized carbons (Fsp3) is 1.00. The Morgan fingerprint density at radius 3 is 2.37 bits per heavy atom. The van der Waals surface area contributed by atoms with Crippen molar-refractivity contribution in [3.05, 3.63) is 0 Å². The van der Waals surface area contributed by atoms with Gasteiger partial charge in [-0.05, 0) is 26.8 Å². The third-order valence-electron chi connectivity index (χ3n) is 3.76. The highest BCUT2D eigenvalue weighted by Gasteiger charge is 2.34. The Hall–Kier alpha value is -0.200. The fourth-order valence-electron chi connectivity index (χ4n) is 2.47. The van der Waals surface area contributed by atoms with Crippen LogP contribution in [0.1, 0.15) is 20.3 Å². The fourth-order valence-corrected chi connectivity index (χ4v) is 2.47. The highest BCUT2D eigenvalue weighted by atomic mass is 16.5. The third-order valence-corrected chi connectivity index (χ3v) is 3.76. The van der Waals surface area contributed by atoms with Crippen molar-refractivity contribution in [1.82, 2.24) is 10.2 Å². The van der Waals surface area contributed by atoms with E-state index >= 15 is 0 Å². The summed E-state index contributed by atoms with van der Waals surface area (Å²) in [5.41, 5.74) is 0. The molecule has 1 aliphatic rings. The molecule has 1 heterocycles. The average molecular weight is 274 g/mol. The van der Waals surface area contributed by atoms with Gasteiger partial charge in [-0.1, -0.05) is 0 Å². The summed E-state index contributed by atoms with van der Waals surface area (Å²) in [5, 5.41) is 3.48. The molecule has 0 aliphatic carbocycles. The number of hydrogen-bond acceptors (Lipinski definition) is 5. The molecule has 0 aromatic rings. The van der Waals surface area contributed by atoms with Gasteiger partial charge in [0.15, 0.2) is 0 Å². The highest BCUT2D eigenvalue weighted by molar-refractivity contribution is 4.88.